The van der Waals surface area contributed by atoms with Crippen LogP contribution >= 0.6 is 12.0 Å². The minimum Gasteiger partial charge on any atom is -0.331 e. The maximum absolute atomic E-state index is 9.38. The Kier molecular flexibility index (Phi) is 3.82. The largest absolute Gasteiger partial charge is 0.615 e. The molecule has 0 atom stereocenters. The molecule has 39 valence electrons. The monoisotopic (exact) mass is 120 g/mol. The van der Waals surface area contributed by atoms with Crippen LogP contribution in [-0.2, 0) is 0 Å². The molecule has 1 N–H and O–H groups in total. The maximum Gasteiger partial charge on any atom is 0.615 e. The highest BCUT2D eigenvalue weighted by molar-refractivity contribution is 7.94. The van der Waals surface area contributed by atoms with Crippen molar-refractivity contribution in [2.75, 3.05) is 5.65 Å². The van der Waals surface area contributed by atoms with Crippen LogP contribution in [0, 0.1) is 10.1 Å². The van der Waals surface area contributed by atoms with Crippen LogP contribution in [0.25, 0.3) is 0 Å². The van der Waals surface area contributed by atoms with E-state index in [0.29, 0.717) is 12.0 Å². The standard InChI is InChI=1S/CH3BNO3S/c4-3(5)2-1-7-6/h6H,1H2. The molecule has 0 bridgehead atoms. The molecule has 0 amide bonds. The molecule has 0 heterocycles. The molecule has 1 radical (unpaired) electrons. The predicted molar refractivity (Wildman–Crippen MR) is 27.8 cm³/mol. The van der Waals surface area contributed by atoms with Gasteiger partial charge in [0.1, 0.15) is 0 Å². The highest BCUT2D eigenvalue weighted by Gasteiger charge is 2.04. The fourth-order valence-corrected chi connectivity index (χ4v) is 0.283. The highest BCUT2D eigenvalue weighted by Crippen LogP contribution is 1.85. The minimum absolute atomic E-state index is 0.0486. The van der Waals surface area contributed by atoms with E-state index in [0.717, 1.165) is 7.41 Å². The van der Waals surface area contributed by atoms with E-state index in [-0.39, 0.29) is 5.65 Å². The van der Waals surface area contributed by atoms with Crippen molar-refractivity contribution in [1.29, 1.82) is 0 Å². The molecule has 0 fully saturated rings. The molecule has 0 rings (SSSR count). The fourth-order valence-electron chi connectivity index (χ4n) is 0.0942. The van der Waals surface area contributed by atoms with Crippen LogP contribution in [0.3, 0.4) is 0 Å². The lowest BCUT2D eigenvalue weighted by Crippen LogP contribution is -2.07. The van der Waals surface area contributed by atoms with E-state index in [9.17, 15) is 10.1 Å². The molecule has 0 aromatic rings. The van der Waals surface area contributed by atoms with Crippen molar-refractivity contribution < 1.29 is 9.39 Å². The van der Waals surface area contributed by atoms with Crippen LogP contribution in [-0.4, -0.2) is 22.5 Å². The van der Waals surface area contributed by atoms with Gasteiger partial charge in [0.15, 0.2) is 0 Å². The minimum atomic E-state index is -0.594. The molecule has 0 saturated heterocycles. The van der Waals surface area contributed by atoms with Crippen LogP contribution in [0.15, 0.2) is 0 Å². The average Bonchev–Trinajstić information content (AvgIpc) is 1.61. The SMILES string of the molecule is O=[N+]([O-])[B]CSO. The summed E-state index contributed by atoms with van der Waals surface area (Å²) >= 11 is 0.433. The molecular formula is CH3BNO3S. The Morgan fingerprint density at radius 1 is 2.00 bits per heavy atom. The third kappa shape index (κ3) is 5.77. The first-order valence-corrected chi connectivity index (χ1v) is 2.45. The second-order valence-corrected chi connectivity index (χ2v) is 1.36. The molecule has 0 aromatic heterocycles. The van der Waals surface area contributed by atoms with E-state index < -0.39 is 4.83 Å². The van der Waals surface area contributed by atoms with Gasteiger partial charge in [-0.05, 0) is 12.0 Å². The summed E-state index contributed by atoms with van der Waals surface area (Å²) in [6.07, 6.45) is 0. The lowest BCUT2D eigenvalue weighted by atomic mass is 10.0. The first kappa shape index (κ1) is 6.77. The normalized spacial score (nSPS) is 8.14. The van der Waals surface area contributed by atoms with E-state index >= 15 is 0 Å². The van der Waals surface area contributed by atoms with E-state index in [2.05, 4.69) is 0 Å². The molecule has 4 nitrogen and oxygen atoms in total. The van der Waals surface area contributed by atoms with E-state index in [1.54, 1.807) is 0 Å². The van der Waals surface area contributed by atoms with Crippen molar-refractivity contribution in [2.24, 2.45) is 0 Å². The molecule has 0 unspecified atom stereocenters. The van der Waals surface area contributed by atoms with Gasteiger partial charge < -0.3 is 4.55 Å². The number of hydrogen-bond acceptors (Lipinski definition) is 4. The number of nitrogens with zero attached hydrogens (tertiary/aromatic N) is 1. The van der Waals surface area contributed by atoms with E-state index in [1.807, 2.05) is 0 Å². The quantitative estimate of drug-likeness (QED) is 0.247. The van der Waals surface area contributed by atoms with Gasteiger partial charge >= 0.3 is 7.41 Å². The summed E-state index contributed by atoms with van der Waals surface area (Å²) in [7, 11) is 0.782. The van der Waals surface area contributed by atoms with Gasteiger partial charge in [-0.3, -0.25) is 10.1 Å². The fraction of sp³-hybridized carbons (Fsp3) is 1.00. The van der Waals surface area contributed by atoms with Crippen LogP contribution in [0.1, 0.15) is 0 Å². The number of rotatable bonds is 3. The summed E-state index contributed by atoms with van der Waals surface area (Å²) in [5, 5.41) is 9.38. The van der Waals surface area contributed by atoms with Crippen molar-refractivity contribution >= 4 is 19.5 Å². The molecule has 0 aliphatic heterocycles. The Hall–Kier alpha value is -0.225. The van der Waals surface area contributed by atoms with Crippen LogP contribution in [0.2, 0.25) is 0 Å². The van der Waals surface area contributed by atoms with Gasteiger partial charge in [0.25, 0.3) is 0 Å². The van der Waals surface area contributed by atoms with Gasteiger partial charge in [-0.1, -0.05) is 4.83 Å². The van der Waals surface area contributed by atoms with Gasteiger partial charge in [0.05, 0.1) is 5.65 Å². The summed E-state index contributed by atoms with van der Waals surface area (Å²) in [6.45, 7) is 0. The zero-order chi connectivity index (χ0) is 5.70. The van der Waals surface area contributed by atoms with Crippen molar-refractivity contribution in [3.63, 3.8) is 0 Å². The molecule has 7 heavy (non-hydrogen) atoms. The summed E-state index contributed by atoms with van der Waals surface area (Å²) < 4.78 is 7.90. The van der Waals surface area contributed by atoms with Crippen LogP contribution in [0.4, 0.5) is 0 Å². The third-order valence-electron chi connectivity index (χ3n) is 0.298. The Balaban J connectivity index is 2.82. The lowest BCUT2D eigenvalue weighted by molar-refractivity contribution is -0.320. The van der Waals surface area contributed by atoms with Crippen LogP contribution < -0.4 is 0 Å². The van der Waals surface area contributed by atoms with E-state index in [1.165, 1.54) is 0 Å². The average molecular weight is 120 g/mol. The molecule has 0 aromatic carbocycles. The number of nitro groups is 1. The van der Waals surface area contributed by atoms with Gasteiger partial charge in [-0.15, -0.1) is 0 Å². The molecular weight excluding hydrogens is 117 g/mol. The Bertz CT molecular complexity index is 68.0. The van der Waals surface area contributed by atoms with Crippen molar-refractivity contribution in [2.45, 2.75) is 0 Å². The van der Waals surface area contributed by atoms with Gasteiger partial charge in [-0.2, -0.15) is 0 Å². The first-order chi connectivity index (χ1) is 3.27. The zero-order valence-electron chi connectivity index (χ0n) is 3.40. The predicted octanol–water partition coefficient (Wildman–Crippen LogP) is 0.0460. The second-order valence-electron chi connectivity index (χ2n) is 0.764. The summed E-state index contributed by atoms with van der Waals surface area (Å²) in [5.74, 6) is 0. The zero-order valence-corrected chi connectivity index (χ0v) is 4.22. The highest BCUT2D eigenvalue weighted by atomic mass is 32.2. The summed E-state index contributed by atoms with van der Waals surface area (Å²) in [5.41, 5.74) is 0.0486. The van der Waals surface area contributed by atoms with Gasteiger partial charge in [-0.25, -0.2) is 0 Å². The number of hydrogen-bond donors (Lipinski definition) is 1. The van der Waals surface area contributed by atoms with Gasteiger partial charge in [0.2, 0.25) is 0 Å². The topological polar surface area (TPSA) is 63.4 Å². The molecule has 0 aliphatic rings. The Morgan fingerprint density at radius 2 is 2.57 bits per heavy atom. The van der Waals surface area contributed by atoms with Crippen molar-refractivity contribution in [3.05, 3.63) is 10.1 Å². The van der Waals surface area contributed by atoms with Crippen molar-refractivity contribution in [1.82, 2.24) is 0 Å². The second kappa shape index (κ2) is 3.95. The third-order valence-corrected chi connectivity index (χ3v) is 0.596. The van der Waals surface area contributed by atoms with Crippen LogP contribution in [0.5, 0.6) is 0 Å². The summed E-state index contributed by atoms with van der Waals surface area (Å²) in [4.78, 5) is 8.79. The van der Waals surface area contributed by atoms with Gasteiger partial charge in [0, 0.05) is 0 Å². The maximum atomic E-state index is 9.38. The molecule has 0 saturated carbocycles. The molecule has 6 heteroatoms. The molecule has 0 aliphatic carbocycles. The lowest BCUT2D eigenvalue weighted by Gasteiger charge is -1.79. The summed E-state index contributed by atoms with van der Waals surface area (Å²) in [6, 6.07) is 0. The van der Waals surface area contributed by atoms with Crippen molar-refractivity contribution in [3.8, 4) is 0 Å². The smallest absolute Gasteiger partial charge is 0.331 e. The molecule has 0 spiro atoms. The van der Waals surface area contributed by atoms with E-state index in [4.69, 9.17) is 4.55 Å². The Labute approximate surface area is 45.5 Å². The first-order valence-electron chi connectivity index (χ1n) is 1.50. The Morgan fingerprint density at radius 3 is 2.71 bits per heavy atom.